The van der Waals surface area contributed by atoms with E-state index in [1.54, 1.807) is 7.05 Å². The Bertz CT molecular complexity index is 531. The Balaban J connectivity index is 0.00000264. The van der Waals surface area contributed by atoms with Gasteiger partial charge in [0.1, 0.15) is 0 Å². The summed E-state index contributed by atoms with van der Waals surface area (Å²) in [5.41, 5.74) is 2.98. The molecule has 0 bridgehead atoms. The molecule has 5 nitrogen and oxygen atoms in total. The van der Waals surface area contributed by atoms with Crippen molar-refractivity contribution in [3.05, 3.63) is 29.3 Å². The SMILES string of the molecule is CN=C(NC(=O)Nc1c(C)cccc1C)N1CCCCCC1.Cl. The highest BCUT2D eigenvalue weighted by Crippen LogP contribution is 2.19. The highest BCUT2D eigenvalue weighted by Gasteiger charge is 2.16. The van der Waals surface area contributed by atoms with Gasteiger partial charge >= 0.3 is 6.03 Å². The number of nitrogens with one attached hydrogen (secondary N) is 2. The van der Waals surface area contributed by atoms with Crippen molar-refractivity contribution >= 4 is 30.1 Å². The topological polar surface area (TPSA) is 56.7 Å². The van der Waals surface area contributed by atoms with Crippen LogP contribution in [0.4, 0.5) is 10.5 Å². The van der Waals surface area contributed by atoms with Gasteiger partial charge in [-0.2, -0.15) is 0 Å². The third-order valence-electron chi connectivity index (χ3n) is 4.06. The van der Waals surface area contributed by atoms with Crippen molar-refractivity contribution in [2.24, 2.45) is 4.99 Å². The summed E-state index contributed by atoms with van der Waals surface area (Å²) in [6.45, 7) is 5.89. The van der Waals surface area contributed by atoms with Crippen LogP contribution >= 0.6 is 12.4 Å². The largest absolute Gasteiger partial charge is 0.343 e. The van der Waals surface area contributed by atoms with E-state index in [-0.39, 0.29) is 18.4 Å². The summed E-state index contributed by atoms with van der Waals surface area (Å²) >= 11 is 0. The summed E-state index contributed by atoms with van der Waals surface area (Å²) in [5.74, 6) is 0.658. The molecule has 2 rings (SSSR count). The molecule has 1 aromatic rings. The van der Waals surface area contributed by atoms with Crippen molar-refractivity contribution in [1.82, 2.24) is 10.2 Å². The van der Waals surface area contributed by atoms with Gasteiger partial charge in [0.05, 0.1) is 0 Å². The number of nitrogens with zero attached hydrogens (tertiary/aromatic N) is 2. The van der Waals surface area contributed by atoms with E-state index in [4.69, 9.17) is 0 Å². The number of carbonyl (C=O) groups is 1. The van der Waals surface area contributed by atoms with Gasteiger partial charge in [0, 0.05) is 25.8 Å². The maximum absolute atomic E-state index is 12.3. The molecule has 0 radical (unpaired) electrons. The number of urea groups is 1. The Hall–Kier alpha value is -1.75. The molecule has 0 spiro atoms. The Kier molecular flexibility index (Phi) is 7.89. The van der Waals surface area contributed by atoms with Crippen LogP contribution < -0.4 is 10.6 Å². The highest BCUT2D eigenvalue weighted by atomic mass is 35.5. The van der Waals surface area contributed by atoms with E-state index in [0.29, 0.717) is 5.96 Å². The molecule has 2 amide bonds. The fraction of sp³-hybridized carbons (Fsp3) is 0.529. The van der Waals surface area contributed by atoms with Gasteiger partial charge in [-0.3, -0.25) is 10.3 Å². The van der Waals surface area contributed by atoms with E-state index in [0.717, 1.165) is 42.7 Å². The Morgan fingerprint density at radius 1 is 1.09 bits per heavy atom. The quantitative estimate of drug-likeness (QED) is 0.606. The number of amides is 2. The summed E-state index contributed by atoms with van der Waals surface area (Å²) in [6.07, 6.45) is 4.81. The number of carbonyl (C=O) groups excluding carboxylic acids is 1. The number of anilines is 1. The maximum Gasteiger partial charge on any atom is 0.326 e. The van der Waals surface area contributed by atoms with E-state index in [9.17, 15) is 4.79 Å². The number of likely N-dealkylation sites (tertiary alicyclic amines) is 1. The van der Waals surface area contributed by atoms with Gasteiger partial charge < -0.3 is 10.2 Å². The van der Waals surface area contributed by atoms with E-state index >= 15 is 0 Å². The molecule has 1 heterocycles. The third-order valence-corrected chi connectivity index (χ3v) is 4.06. The van der Waals surface area contributed by atoms with Gasteiger partial charge in [0.25, 0.3) is 0 Å². The predicted octanol–water partition coefficient (Wildman–Crippen LogP) is 3.71. The molecule has 128 valence electrons. The molecule has 0 atom stereocenters. The Labute approximate surface area is 145 Å². The average Bonchev–Trinajstić information content (AvgIpc) is 2.78. The summed E-state index contributed by atoms with van der Waals surface area (Å²) in [4.78, 5) is 18.7. The van der Waals surface area contributed by atoms with Crippen LogP contribution in [0.5, 0.6) is 0 Å². The van der Waals surface area contributed by atoms with Gasteiger partial charge in [0.2, 0.25) is 5.96 Å². The van der Waals surface area contributed by atoms with Crippen LogP contribution in [0.25, 0.3) is 0 Å². The summed E-state index contributed by atoms with van der Waals surface area (Å²) < 4.78 is 0. The van der Waals surface area contributed by atoms with Crippen molar-refractivity contribution in [1.29, 1.82) is 0 Å². The minimum atomic E-state index is -0.234. The first-order valence-electron chi connectivity index (χ1n) is 7.98. The molecule has 0 saturated carbocycles. The van der Waals surface area contributed by atoms with Crippen LogP contribution in [-0.2, 0) is 0 Å². The van der Waals surface area contributed by atoms with E-state index < -0.39 is 0 Å². The van der Waals surface area contributed by atoms with Crippen LogP contribution in [0.2, 0.25) is 0 Å². The zero-order chi connectivity index (χ0) is 15.9. The second-order valence-corrected chi connectivity index (χ2v) is 5.79. The zero-order valence-corrected chi connectivity index (χ0v) is 15.0. The van der Waals surface area contributed by atoms with Crippen molar-refractivity contribution in [3.8, 4) is 0 Å². The van der Waals surface area contributed by atoms with Crippen molar-refractivity contribution < 1.29 is 4.79 Å². The molecule has 6 heteroatoms. The minimum absolute atomic E-state index is 0. The molecular weight excluding hydrogens is 312 g/mol. The van der Waals surface area contributed by atoms with Crippen LogP contribution in [-0.4, -0.2) is 37.0 Å². The lowest BCUT2D eigenvalue weighted by molar-refractivity contribution is 0.254. The summed E-state index contributed by atoms with van der Waals surface area (Å²) in [7, 11) is 1.72. The van der Waals surface area contributed by atoms with E-state index in [1.807, 2.05) is 32.0 Å². The van der Waals surface area contributed by atoms with Crippen molar-refractivity contribution in [2.75, 3.05) is 25.5 Å². The van der Waals surface area contributed by atoms with Crippen LogP contribution in [0.15, 0.2) is 23.2 Å². The monoisotopic (exact) mass is 338 g/mol. The fourth-order valence-corrected chi connectivity index (χ4v) is 2.82. The first kappa shape index (κ1) is 19.3. The number of para-hydroxylation sites is 1. The average molecular weight is 339 g/mol. The van der Waals surface area contributed by atoms with Gasteiger partial charge in [-0.05, 0) is 37.8 Å². The van der Waals surface area contributed by atoms with Crippen LogP contribution in [0.3, 0.4) is 0 Å². The van der Waals surface area contributed by atoms with E-state index in [1.165, 1.54) is 12.8 Å². The maximum atomic E-state index is 12.3. The molecule has 1 aliphatic rings. The molecule has 0 unspecified atom stereocenters. The van der Waals surface area contributed by atoms with Crippen LogP contribution in [0.1, 0.15) is 36.8 Å². The predicted molar refractivity (Wildman–Crippen MR) is 98.7 cm³/mol. The lowest BCUT2D eigenvalue weighted by atomic mass is 10.1. The number of halogens is 1. The third kappa shape index (κ3) is 5.43. The summed E-state index contributed by atoms with van der Waals surface area (Å²) in [5, 5.41) is 5.83. The lowest BCUT2D eigenvalue weighted by Gasteiger charge is -2.24. The van der Waals surface area contributed by atoms with E-state index in [2.05, 4.69) is 20.5 Å². The zero-order valence-electron chi connectivity index (χ0n) is 14.2. The molecular formula is C17H27ClN4O. The number of benzene rings is 1. The van der Waals surface area contributed by atoms with Gasteiger partial charge in [-0.1, -0.05) is 31.0 Å². The fourth-order valence-electron chi connectivity index (χ4n) is 2.82. The number of aliphatic imine (C=N–C) groups is 1. The first-order valence-corrected chi connectivity index (χ1v) is 7.98. The molecule has 23 heavy (non-hydrogen) atoms. The molecule has 1 saturated heterocycles. The molecule has 0 aromatic heterocycles. The van der Waals surface area contributed by atoms with Gasteiger partial charge in [-0.25, -0.2) is 4.79 Å². The first-order chi connectivity index (χ1) is 10.6. The Morgan fingerprint density at radius 2 is 1.65 bits per heavy atom. The van der Waals surface area contributed by atoms with Gasteiger partial charge in [-0.15, -0.1) is 12.4 Å². The second-order valence-electron chi connectivity index (χ2n) is 5.79. The molecule has 1 fully saturated rings. The summed E-state index contributed by atoms with van der Waals surface area (Å²) in [6, 6.07) is 5.74. The number of aryl methyl sites for hydroxylation is 2. The van der Waals surface area contributed by atoms with Gasteiger partial charge in [0.15, 0.2) is 0 Å². The van der Waals surface area contributed by atoms with Crippen molar-refractivity contribution in [3.63, 3.8) is 0 Å². The normalized spacial score (nSPS) is 15.4. The molecule has 1 aromatic carbocycles. The molecule has 0 aliphatic carbocycles. The number of guanidine groups is 1. The Morgan fingerprint density at radius 3 is 2.17 bits per heavy atom. The smallest absolute Gasteiger partial charge is 0.326 e. The standard InChI is InChI=1S/C17H26N4O.ClH/c1-13-9-8-10-14(2)15(13)19-17(22)20-16(18-3)21-11-6-4-5-7-12-21;/h8-10H,4-7,11-12H2,1-3H3,(H2,18,19,20,22);1H. The number of hydrogen-bond donors (Lipinski definition) is 2. The second kappa shape index (κ2) is 9.40. The number of rotatable bonds is 1. The van der Waals surface area contributed by atoms with Crippen LogP contribution in [0, 0.1) is 13.8 Å². The van der Waals surface area contributed by atoms with Crippen molar-refractivity contribution in [2.45, 2.75) is 39.5 Å². The minimum Gasteiger partial charge on any atom is -0.343 e. The number of hydrogen-bond acceptors (Lipinski definition) is 2. The lowest BCUT2D eigenvalue weighted by Crippen LogP contribution is -2.46. The highest BCUT2D eigenvalue weighted by molar-refractivity contribution is 6.03. The molecule has 1 aliphatic heterocycles. The molecule has 2 N–H and O–H groups in total.